The van der Waals surface area contributed by atoms with Crippen molar-refractivity contribution in [3.63, 3.8) is 0 Å². The van der Waals surface area contributed by atoms with Crippen molar-refractivity contribution in [3.05, 3.63) is 35.6 Å². The van der Waals surface area contributed by atoms with Crippen LogP contribution in [0.25, 0.3) is 0 Å². The van der Waals surface area contributed by atoms with Crippen LogP contribution in [-0.2, 0) is 14.4 Å². The van der Waals surface area contributed by atoms with Crippen molar-refractivity contribution >= 4 is 17.7 Å². The zero-order valence-electron chi connectivity index (χ0n) is 16.1. The van der Waals surface area contributed by atoms with Gasteiger partial charge in [0, 0.05) is 64.3 Å². The molecule has 0 aliphatic carbocycles. The van der Waals surface area contributed by atoms with Gasteiger partial charge in [0.15, 0.2) is 0 Å². The van der Waals surface area contributed by atoms with Gasteiger partial charge in [-0.15, -0.1) is 0 Å². The first kappa shape index (κ1) is 18.9. The standard InChI is InChI=1S/C21H26FN3O3/c1-14(26)25-12-16-11-24(20(28)7-9-23-8-3-6-19(23)27)13-18(16)21(25)15-4-2-5-17(22)10-15/h2,4-5,10,16,18,21H,3,6-9,11-13H2,1H3/t16-,18-,21+/m1/s1. The Bertz CT molecular complexity index is 799. The number of carbonyl (C=O) groups excluding carboxylic acids is 3. The highest BCUT2D eigenvalue weighted by Gasteiger charge is 2.49. The van der Waals surface area contributed by atoms with Crippen LogP contribution in [0.2, 0.25) is 0 Å². The molecule has 6 nitrogen and oxygen atoms in total. The molecule has 0 saturated carbocycles. The van der Waals surface area contributed by atoms with E-state index in [-0.39, 0.29) is 41.4 Å². The number of hydrogen-bond donors (Lipinski definition) is 0. The molecule has 7 heteroatoms. The van der Waals surface area contributed by atoms with E-state index in [9.17, 15) is 18.8 Å². The van der Waals surface area contributed by atoms with Gasteiger partial charge in [0.2, 0.25) is 17.7 Å². The maximum absolute atomic E-state index is 13.8. The number of rotatable bonds is 4. The molecule has 3 fully saturated rings. The minimum Gasteiger partial charge on any atom is -0.342 e. The number of hydrogen-bond acceptors (Lipinski definition) is 3. The molecule has 28 heavy (non-hydrogen) atoms. The second-order valence-electron chi connectivity index (χ2n) is 8.13. The molecule has 3 aliphatic rings. The number of nitrogens with zero attached hydrogens (tertiary/aromatic N) is 3. The molecule has 4 rings (SSSR count). The average Bonchev–Trinajstić information content (AvgIpc) is 3.33. The molecule has 1 aromatic rings. The van der Waals surface area contributed by atoms with Gasteiger partial charge in [-0.05, 0) is 24.1 Å². The predicted octanol–water partition coefficient (Wildman–Crippen LogP) is 1.82. The van der Waals surface area contributed by atoms with Gasteiger partial charge < -0.3 is 14.7 Å². The SMILES string of the molecule is CC(=O)N1C[C@H]2CN(C(=O)CCN3CCCC3=O)C[C@H]2[C@@H]1c1cccc(F)c1. The van der Waals surface area contributed by atoms with Gasteiger partial charge >= 0.3 is 0 Å². The van der Waals surface area contributed by atoms with Crippen LogP contribution in [0.15, 0.2) is 24.3 Å². The summed E-state index contributed by atoms with van der Waals surface area (Å²) in [6.07, 6.45) is 1.79. The largest absolute Gasteiger partial charge is 0.342 e. The quantitative estimate of drug-likeness (QED) is 0.792. The van der Waals surface area contributed by atoms with Crippen LogP contribution in [0.3, 0.4) is 0 Å². The van der Waals surface area contributed by atoms with Crippen molar-refractivity contribution in [2.75, 3.05) is 32.7 Å². The van der Waals surface area contributed by atoms with E-state index in [1.54, 1.807) is 17.9 Å². The fourth-order valence-corrected chi connectivity index (χ4v) is 5.02. The summed E-state index contributed by atoms with van der Waals surface area (Å²) in [4.78, 5) is 42.0. The van der Waals surface area contributed by atoms with Crippen molar-refractivity contribution < 1.29 is 18.8 Å². The second-order valence-corrected chi connectivity index (χ2v) is 8.13. The monoisotopic (exact) mass is 387 g/mol. The summed E-state index contributed by atoms with van der Waals surface area (Å²) in [5, 5.41) is 0. The zero-order chi connectivity index (χ0) is 19.8. The lowest BCUT2D eigenvalue weighted by atomic mass is 9.89. The van der Waals surface area contributed by atoms with E-state index < -0.39 is 0 Å². The lowest BCUT2D eigenvalue weighted by Crippen LogP contribution is -2.38. The molecule has 0 radical (unpaired) electrons. The molecule has 3 amide bonds. The van der Waals surface area contributed by atoms with Crippen LogP contribution >= 0.6 is 0 Å². The molecule has 0 unspecified atom stereocenters. The Morgan fingerprint density at radius 3 is 2.71 bits per heavy atom. The number of carbonyl (C=O) groups is 3. The molecule has 3 heterocycles. The average molecular weight is 387 g/mol. The predicted molar refractivity (Wildman–Crippen MR) is 101 cm³/mol. The normalized spacial score (nSPS) is 26.9. The Balaban J connectivity index is 1.44. The first-order valence-electron chi connectivity index (χ1n) is 10.0. The smallest absolute Gasteiger partial charge is 0.224 e. The fourth-order valence-electron chi connectivity index (χ4n) is 5.02. The van der Waals surface area contributed by atoms with E-state index in [2.05, 4.69) is 0 Å². The van der Waals surface area contributed by atoms with Gasteiger partial charge in [-0.3, -0.25) is 14.4 Å². The van der Waals surface area contributed by atoms with E-state index in [0.717, 1.165) is 18.5 Å². The number of likely N-dealkylation sites (tertiary alicyclic amines) is 3. The molecule has 3 atom stereocenters. The van der Waals surface area contributed by atoms with Gasteiger partial charge in [0.05, 0.1) is 6.04 Å². The summed E-state index contributed by atoms with van der Waals surface area (Å²) in [5.41, 5.74) is 0.791. The molecule has 0 N–H and O–H groups in total. The minimum atomic E-state index is -0.314. The van der Waals surface area contributed by atoms with Crippen molar-refractivity contribution in [1.29, 1.82) is 0 Å². The van der Waals surface area contributed by atoms with E-state index >= 15 is 0 Å². The van der Waals surface area contributed by atoms with Gasteiger partial charge in [-0.25, -0.2) is 4.39 Å². The molecular formula is C21H26FN3O3. The van der Waals surface area contributed by atoms with Gasteiger partial charge in [0.25, 0.3) is 0 Å². The number of halogens is 1. The van der Waals surface area contributed by atoms with E-state index in [0.29, 0.717) is 39.0 Å². The lowest BCUT2D eigenvalue weighted by Gasteiger charge is -2.29. The van der Waals surface area contributed by atoms with Crippen LogP contribution in [0, 0.1) is 17.7 Å². The number of amides is 3. The molecule has 150 valence electrons. The van der Waals surface area contributed by atoms with Crippen molar-refractivity contribution in [1.82, 2.24) is 14.7 Å². The number of benzene rings is 1. The Labute approximate surface area is 164 Å². The van der Waals surface area contributed by atoms with Crippen LogP contribution in [0.4, 0.5) is 4.39 Å². The summed E-state index contributed by atoms with van der Waals surface area (Å²) in [7, 11) is 0. The van der Waals surface area contributed by atoms with Gasteiger partial charge in [-0.1, -0.05) is 12.1 Å². The van der Waals surface area contributed by atoms with E-state index in [1.807, 2.05) is 15.9 Å². The molecule has 1 aromatic carbocycles. The Hall–Kier alpha value is -2.44. The highest BCUT2D eigenvalue weighted by atomic mass is 19.1. The molecule has 0 spiro atoms. The Kier molecular flexibility index (Phi) is 5.08. The third kappa shape index (κ3) is 3.50. The summed E-state index contributed by atoms with van der Waals surface area (Å²) in [5.74, 6) is 0.174. The first-order valence-corrected chi connectivity index (χ1v) is 10.0. The lowest BCUT2D eigenvalue weighted by molar-refractivity contribution is -0.132. The van der Waals surface area contributed by atoms with Crippen LogP contribution in [0.1, 0.15) is 37.8 Å². The third-order valence-corrected chi connectivity index (χ3v) is 6.38. The fraction of sp³-hybridized carbons (Fsp3) is 0.571. The number of fused-ring (bicyclic) bond motifs is 1. The summed E-state index contributed by atoms with van der Waals surface area (Å²) < 4.78 is 13.8. The first-order chi connectivity index (χ1) is 13.4. The maximum atomic E-state index is 13.8. The molecule has 0 aromatic heterocycles. The molecular weight excluding hydrogens is 361 g/mol. The Morgan fingerprint density at radius 1 is 1.21 bits per heavy atom. The molecule has 3 aliphatic heterocycles. The molecule has 0 bridgehead atoms. The topological polar surface area (TPSA) is 60.9 Å². The van der Waals surface area contributed by atoms with Gasteiger partial charge in [0.1, 0.15) is 5.82 Å². The van der Waals surface area contributed by atoms with Crippen molar-refractivity contribution in [2.45, 2.75) is 32.2 Å². The minimum absolute atomic E-state index is 0.0194. The Morgan fingerprint density at radius 2 is 2.04 bits per heavy atom. The summed E-state index contributed by atoms with van der Waals surface area (Å²) in [6.45, 7) is 4.55. The van der Waals surface area contributed by atoms with Crippen molar-refractivity contribution in [3.8, 4) is 0 Å². The summed E-state index contributed by atoms with van der Waals surface area (Å²) in [6, 6.07) is 6.22. The third-order valence-electron chi connectivity index (χ3n) is 6.38. The highest BCUT2D eigenvalue weighted by molar-refractivity contribution is 5.80. The van der Waals surface area contributed by atoms with E-state index in [4.69, 9.17) is 0 Å². The zero-order valence-corrected chi connectivity index (χ0v) is 16.1. The van der Waals surface area contributed by atoms with Gasteiger partial charge in [-0.2, -0.15) is 0 Å². The highest BCUT2D eigenvalue weighted by Crippen LogP contribution is 2.45. The van der Waals surface area contributed by atoms with Crippen LogP contribution in [0.5, 0.6) is 0 Å². The van der Waals surface area contributed by atoms with E-state index in [1.165, 1.54) is 12.1 Å². The second kappa shape index (κ2) is 7.53. The van der Waals surface area contributed by atoms with Crippen molar-refractivity contribution in [2.24, 2.45) is 11.8 Å². The maximum Gasteiger partial charge on any atom is 0.224 e. The molecule has 3 saturated heterocycles. The van der Waals surface area contributed by atoms with Crippen LogP contribution in [-0.4, -0.2) is 65.1 Å². The van der Waals surface area contributed by atoms with Crippen LogP contribution < -0.4 is 0 Å². The summed E-state index contributed by atoms with van der Waals surface area (Å²) >= 11 is 0.